The molecule has 0 unspecified atom stereocenters. The number of rotatable bonds is 3. The zero-order chi connectivity index (χ0) is 14.8. The van der Waals surface area contributed by atoms with Crippen molar-refractivity contribution in [2.75, 3.05) is 0 Å². The van der Waals surface area contributed by atoms with E-state index >= 15 is 0 Å². The van der Waals surface area contributed by atoms with E-state index in [1.165, 1.54) is 0 Å². The molecule has 0 saturated carbocycles. The highest BCUT2D eigenvalue weighted by Crippen LogP contribution is 2.24. The van der Waals surface area contributed by atoms with Crippen molar-refractivity contribution in [1.82, 2.24) is 9.78 Å². The van der Waals surface area contributed by atoms with Crippen LogP contribution in [0.25, 0.3) is 5.69 Å². The number of benzene rings is 2. The Hall–Kier alpha value is -2.10. The van der Waals surface area contributed by atoms with E-state index in [1.807, 2.05) is 30.3 Å². The van der Waals surface area contributed by atoms with Gasteiger partial charge in [0.05, 0.1) is 16.9 Å². The van der Waals surface area contributed by atoms with Gasteiger partial charge in [0.2, 0.25) is 5.78 Å². The first-order valence-electron chi connectivity index (χ1n) is 6.26. The summed E-state index contributed by atoms with van der Waals surface area (Å²) in [4.78, 5) is 12.6. The fourth-order valence-corrected chi connectivity index (χ4v) is 2.56. The lowest BCUT2D eigenvalue weighted by molar-refractivity contribution is 0.103. The molecule has 104 valence electrons. The lowest BCUT2D eigenvalue weighted by Gasteiger charge is -2.08. The quantitative estimate of drug-likeness (QED) is 0.671. The van der Waals surface area contributed by atoms with Crippen molar-refractivity contribution < 1.29 is 4.79 Å². The molecule has 3 aromatic rings. The number of carbonyl (C=O) groups excluding carboxylic acids is 1. The second-order valence-corrected chi connectivity index (χ2v) is 5.26. The maximum Gasteiger partial charge on any atom is 0.212 e. The molecule has 1 heterocycles. The molecule has 2 aromatic carbocycles. The summed E-state index contributed by atoms with van der Waals surface area (Å²) >= 11 is 12.0. The number of para-hydroxylation sites is 1. The van der Waals surface area contributed by atoms with Crippen LogP contribution in [0.4, 0.5) is 0 Å². The van der Waals surface area contributed by atoms with Gasteiger partial charge in [0.1, 0.15) is 5.69 Å². The SMILES string of the molecule is O=C(c1ccc(Cl)cc1Cl)c1ccnn1-c1ccccc1. The Morgan fingerprint density at radius 1 is 1.00 bits per heavy atom. The van der Waals surface area contributed by atoms with Gasteiger partial charge in [-0.1, -0.05) is 41.4 Å². The fourth-order valence-electron chi connectivity index (χ4n) is 2.06. The van der Waals surface area contributed by atoms with Crippen LogP contribution in [-0.4, -0.2) is 15.6 Å². The molecule has 0 aliphatic heterocycles. The maximum atomic E-state index is 12.6. The summed E-state index contributed by atoms with van der Waals surface area (Å²) in [5, 5.41) is 5.03. The highest BCUT2D eigenvalue weighted by Gasteiger charge is 2.18. The first-order valence-corrected chi connectivity index (χ1v) is 7.01. The summed E-state index contributed by atoms with van der Waals surface area (Å²) in [6.07, 6.45) is 1.59. The summed E-state index contributed by atoms with van der Waals surface area (Å²) < 4.78 is 1.59. The normalized spacial score (nSPS) is 10.6. The third-order valence-corrected chi connectivity index (χ3v) is 3.60. The number of hydrogen-bond acceptors (Lipinski definition) is 2. The van der Waals surface area contributed by atoms with Gasteiger partial charge in [0, 0.05) is 10.6 Å². The molecule has 0 spiro atoms. The van der Waals surface area contributed by atoms with E-state index in [1.54, 1.807) is 35.1 Å². The van der Waals surface area contributed by atoms with Gasteiger partial charge >= 0.3 is 0 Å². The summed E-state index contributed by atoms with van der Waals surface area (Å²) in [7, 11) is 0. The minimum Gasteiger partial charge on any atom is -0.287 e. The molecule has 0 amide bonds. The molecule has 0 bridgehead atoms. The summed E-state index contributed by atoms with van der Waals surface area (Å²) in [6.45, 7) is 0. The van der Waals surface area contributed by atoms with Crippen molar-refractivity contribution in [3.8, 4) is 5.69 Å². The second-order valence-electron chi connectivity index (χ2n) is 4.42. The van der Waals surface area contributed by atoms with Crippen molar-refractivity contribution in [2.24, 2.45) is 0 Å². The largest absolute Gasteiger partial charge is 0.287 e. The zero-order valence-electron chi connectivity index (χ0n) is 10.8. The predicted molar refractivity (Wildman–Crippen MR) is 83.5 cm³/mol. The van der Waals surface area contributed by atoms with Gasteiger partial charge in [0.25, 0.3) is 0 Å². The average Bonchev–Trinajstić information content (AvgIpc) is 2.97. The van der Waals surface area contributed by atoms with E-state index < -0.39 is 0 Å². The number of nitrogens with zero attached hydrogens (tertiary/aromatic N) is 2. The van der Waals surface area contributed by atoms with Crippen molar-refractivity contribution >= 4 is 29.0 Å². The van der Waals surface area contributed by atoms with Crippen LogP contribution in [0.5, 0.6) is 0 Å². The molecule has 5 heteroatoms. The molecule has 1 aromatic heterocycles. The maximum absolute atomic E-state index is 12.6. The number of hydrogen-bond donors (Lipinski definition) is 0. The van der Waals surface area contributed by atoms with Gasteiger partial charge < -0.3 is 0 Å². The van der Waals surface area contributed by atoms with E-state index in [9.17, 15) is 4.79 Å². The van der Waals surface area contributed by atoms with Gasteiger partial charge in [0.15, 0.2) is 0 Å². The molecule has 3 nitrogen and oxygen atoms in total. The van der Waals surface area contributed by atoms with Gasteiger partial charge in [-0.05, 0) is 36.4 Å². The topological polar surface area (TPSA) is 34.9 Å². The van der Waals surface area contributed by atoms with Crippen LogP contribution in [0.2, 0.25) is 10.0 Å². The van der Waals surface area contributed by atoms with Gasteiger partial charge in [-0.25, -0.2) is 4.68 Å². The van der Waals surface area contributed by atoms with Crippen LogP contribution in [0.15, 0.2) is 60.8 Å². The van der Waals surface area contributed by atoms with Gasteiger partial charge in [-0.2, -0.15) is 5.10 Å². The lowest BCUT2D eigenvalue weighted by Crippen LogP contribution is -2.10. The van der Waals surface area contributed by atoms with E-state index in [0.717, 1.165) is 5.69 Å². The Labute approximate surface area is 131 Å². The molecule has 0 saturated heterocycles. The predicted octanol–water partition coefficient (Wildman–Crippen LogP) is 4.41. The monoisotopic (exact) mass is 316 g/mol. The Bertz CT molecular complexity index is 797. The van der Waals surface area contributed by atoms with Crippen LogP contribution in [0, 0.1) is 0 Å². The number of ketones is 1. The van der Waals surface area contributed by atoms with Crippen molar-refractivity contribution in [1.29, 1.82) is 0 Å². The summed E-state index contributed by atoms with van der Waals surface area (Å²) in [5.41, 5.74) is 1.67. The molecular formula is C16H10Cl2N2O. The Kier molecular flexibility index (Phi) is 3.78. The van der Waals surface area contributed by atoms with Crippen molar-refractivity contribution in [3.63, 3.8) is 0 Å². The zero-order valence-corrected chi connectivity index (χ0v) is 12.3. The Morgan fingerprint density at radius 2 is 1.76 bits per heavy atom. The number of halogens is 2. The molecule has 0 fully saturated rings. The molecule has 0 radical (unpaired) electrons. The van der Waals surface area contributed by atoms with Crippen LogP contribution >= 0.6 is 23.2 Å². The Balaban J connectivity index is 2.06. The highest BCUT2D eigenvalue weighted by atomic mass is 35.5. The first kappa shape index (κ1) is 13.9. The average molecular weight is 317 g/mol. The molecule has 0 N–H and O–H groups in total. The highest BCUT2D eigenvalue weighted by molar-refractivity contribution is 6.37. The minimum absolute atomic E-state index is 0.196. The third kappa shape index (κ3) is 2.71. The first-order chi connectivity index (χ1) is 10.2. The van der Waals surface area contributed by atoms with Crippen molar-refractivity contribution in [2.45, 2.75) is 0 Å². The van der Waals surface area contributed by atoms with Gasteiger partial charge in [-0.3, -0.25) is 4.79 Å². The molecular weight excluding hydrogens is 307 g/mol. The molecule has 0 aliphatic rings. The third-order valence-electron chi connectivity index (χ3n) is 3.05. The standard InChI is InChI=1S/C16H10Cl2N2O/c17-11-6-7-13(14(18)10-11)16(21)15-8-9-19-20(15)12-4-2-1-3-5-12/h1-10H. The Morgan fingerprint density at radius 3 is 2.48 bits per heavy atom. The fraction of sp³-hybridized carbons (Fsp3) is 0. The molecule has 0 atom stereocenters. The van der Waals surface area contributed by atoms with Crippen LogP contribution in [0.3, 0.4) is 0 Å². The molecule has 0 aliphatic carbocycles. The van der Waals surface area contributed by atoms with E-state index in [4.69, 9.17) is 23.2 Å². The van der Waals surface area contributed by atoms with Crippen LogP contribution < -0.4 is 0 Å². The van der Waals surface area contributed by atoms with Crippen LogP contribution in [0.1, 0.15) is 16.1 Å². The lowest BCUT2D eigenvalue weighted by atomic mass is 10.1. The minimum atomic E-state index is -0.196. The summed E-state index contributed by atoms with van der Waals surface area (Å²) in [5.74, 6) is -0.196. The van der Waals surface area contributed by atoms with E-state index in [2.05, 4.69) is 5.10 Å². The van der Waals surface area contributed by atoms with Gasteiger partial charge in [-0.15, -0.1) is 0 Å². The van der Waals surface area contributed by atoms with Crippen LogP contribution in [-0.2, 0) is 0 Å². The molecule has 3 rings (SSSR count). The number of carbonyl (C=O) groups is 1. The second kappa shape index (κ2) is 5.72. The smallest absolute Gasteiger partial charge is 0.212 e. The molecule has 21 heavy (non-hydrogen) atoms. The summed E-state index contributed by atoms with van der Waals surface area (Å²) in [6, 6.07) is 15.9. The van der Waals surface area contributed by atoms with E-state index in [-0.39, 0.29) is 5.78 Å². The van der Waals surface area contributed by atoms with Crippen molar-refractivity contribution in [3.05, 3.63) is 82.1 Å². The van der Waals surface area contributed by atoms with E-state index in [0.29, 0.717) is 21.3 Å². The number of aromatic nitrogens is 2.